The molecule has 0 spiro atoms. The number of fused-ring (bicyclic) bond motifs is 12. The van der Waals surface area contributed by atoms with Gasteiger partial charge in [-0.1, -0.05) is 97.1 Å². The lowest BCUT2D eigenvalue weighted by Gasteiger charge is -2.11. The van der Waals surface area contributed by atoms with Crippen LogP contribution in [0.5, 0.6) is 0 Å². The van der Waals surface area contributed by atoms with Crippen LogP contribution in [0.3, 0.4) is 0 Å². The van der Waals surface area contributed by atoms with Crippen molar-refractivity contribution in [2.75, 3.05) is 0 Å². The molecule has 0 N–H and O–H groups in total. The number of rotatable bonds is 3. The molecule has 0 atom stereocenters. The summed E-state index contributed by atoms with van der Waals surface area (Å²) in [6.07, 6.45) is 1.55. The Bertz CT molecular complexity index is 3390. The van der Waals surface area contributed by atoms with Gasteiger partial charge in [0.1, 0.15) is 5.52 Å². The van der Waals surface area contributed by atoms with Crippen LogP contribution in [-0.2, 0) is 0 Å². The van der Waals surface area contributed by atoms with Gasteiger partial charge in [-0.3, -0.25) is 0 Å². The fourth-order valence-electron chi connectivity index (χ4n) is 8.24. The highest BCUT2D eigenvalue weighted by Crippen LogP contribution is 2.44. The van der Waals surface area contributed by atoms with Crippen LogP contribution in [0, 0.1) is 0 Å². The van der Waals surface area contributed by atoms with Crippen molar-refractivity contribution in [2.45, 2.75) is 0 Å². The van der Waals surface area contributed by atoms with Crippen LogP contribution in [0.25, 0.3) is 114 Å². The van der Waals surface area contributed by atoms with Crippen LogP contribution in [0.2, 0.25) is 0 Å². The lowest BCUT2D eigenvalue weighted by atomic mass is 9.99. The molecule has 236 valence electrons. The minimum Gasteiger partial charge on any atom is -0.443 e. The predicted octanol–water partition coefficient (Wildman–Crippen LogP) is 12.3. The van der Waals surface area contributed by atoms with Gasteiger partial charge in [0.15, 0.2) is 17.8 Å². The molecule has 0 aliphatic heterocycles. The first-order valence-corrected chi connectivity index (χ1v) is 17.8. The molecular formula is C45H24N4OS. The van der Waals surface area contributed by atoms with Crippen LogP contribution >= 0.6 is 11.3 Å². The number of para-hydroxylation sites is 2. The number of hydrogen-bond acceptors (Lipinski definition) is 5. The Morgan fingerprint density at radius 3 is 2.25 bits per heavy atom. The third-order valence-corrected chi connectivity index (χ3v) is 11.7. The molecule has 5 nitrogen and oxygen atoms in total. The summed E-state index contributed by atoms with van der Waals surface area (Å²) >= 11 is 1.83. The first-order chi connectivity index (χ1) is 25.3. The van der Waals surface area contributed by atoms with Gasteiger partial charge in [-0.05, 0) is 53.6 Å². The van der Waals surface area contributed by atoms with E-state index in [9.17, 15) is 0 Å². The molecule has 12 aromatic rings. The van der Waals surface area contributed by atoms with Crippen molar-refractivity contribution in [3.05, 3.63) is 146 Å². The first-order valence-electron chi connectivity index (χ1n) is 17.0. The van der Waals surface area contributed by atoms with Gasteiger partial charge < -0.3 is 8.82 Å². The molecule has 0 fully saturated rings. The van der Waals surface area contributed by atoms with Gasteiger partial charge in [0.25, 0.3) is 0 Å². The van der Waals surface area contributed by atoms with Gasteiger partial charge in [-0.2, -0.15) is 0 Å². The molecule has 51 heavy (non-hydrogen) atoms. The molecule has 0 saturated heterocycles. The molecule has 5 heterocycles. The molecule has 0 saturated carbocycles. The van der Waals surface area contributed by atoms with E-state index >= 15 is 0 Å². The van der Waals surface area contributed by atoms with Gasteiger partial charge in [0.05, 0.1) is 33.1 Å². The Morgan fingerprint density at radius 1 is 0.529 bits per heavy atom. The van der Waals surface area contributed by atoms with E-state index in [0.717, 1.165) is 55.3 Å². The molecule has 5 aromatic heterocycles. The smallest absolute Gasteiger partial charge is 0.182 e. The summed E-state index contributed by atoms with van der Waals surface area (Å²) in [6.45, 7) is 0. The van der Waals surface area contributed by atoms with Crippen molar-refractivity contribution in [2.24, 2.45) is 0 Å². The third kappa shape index (κ3) is 3.71. The Labute approximate surface area is 294 Å². The van der Waals surface area contributed by atoms with E-state index in [1.165, 1.54) is 52.9 Å². The molecule has 0 amide bonds. The maximum absolute atomic E-state index is 5.94. The van der Waals surface area contributed by atoms with Crippen LogP contribution < -0.4 is 0 Å². The summed E-state index contributed by atoms with van der Waals surface area (Å²) in [6, 6.07) is 49.7. The Morgan fingerprint density at radius 2 is 1.29 bits per heavy atom. The van der Waals surface area contributed by atoms with E-state index in [-0.39, 0.29) is 0 Å². The summed E-state index contributed by atoms with van der Waals surface area (Å²) in [5.74, 6) is 0.713. The Kier molecular flexibility index (Phi) is 5.32. The zero-order chi connectivity index (χ0) is 33.2. The Hall–Kier alpha value is -6.63. The molecule has 6 heteroatoms. The van der Waals surface area contributed by atoms with Gasteiger partial charge >= 0.3 is 0 Å². The second-order valence-electron chi connectivity index (χ2n) is 13.2. The number of nitrogens with zero attached hydrogens (tertiary/aromatic N) is 4. The third-order valence-electron chi connectivity index (χ3n) is 10.5. The van der Waals surface area contributed by atoms with Crippen molar-refractivity contribution >= 4 is 91.6 Å². The number of hydrogen-bond donors (Lipinski definition) is 0. The average Bonchev–Trinajstić information content (AvgIpc) is 3.97. The second-order valence-corrected chi connectivity index (χ2v) is 14.3. The lowest BCUT2D eigenvalue weighted by molar-refractivity contribution is 0.605. The molecule has 7 aromatic carbocycles. The fourth-order valence-corrected chi connectivity index (χ4v) is 9.46. The van der Waals surface area contributed by atoms with Crippen LogP contribution in [0.4, 0.5) is 0 Å². The van der Waals surface area contributed by atoms with E-state index in [2.05, 4.69) is 149 Å². The van der Waals surface area contributed by atoms with E-state index in [1.807, 2.05) is 11.3 Å². The summed E-state index contributed by atoms with van der Waals surface area (Å²) in [4.78, 5) is 15.0. The lowest BCUT2D eigenvalue weighted by Crippen LogP contribution is -1.95. The van der Waals surface area contributed by atoms with Crippen molar-refractivity contribution in [3.63, 3.8) is 0 Å². The summed E-state index contributed by atoms with van der Waals surface area (Å²) in [7, 11) is 0. The summed E-state index contributed by atoms with van der Waals surface area (Å²) < 4.78 is 10.8. The number of oxazole rings is 1. The second kappa shape index (κ2) is 9.97. The standard InChI is InChI=1S/C45H24N4OS/c1-4-16-35-30(12-1)41(32-15-8-14-29-28-11-3-6-18-39(28)51-44(29)32)48-45(47-35)27-10-7-9-25(21-27)26-19-20-38-33(22-26)34-23-36-43(50-24-46-36)40-31-13-2-5-17-37(31)49(38)42(34)40/h1-24H. The van der Waals surface area contributed by atoms with Crippen LogP contribution in [0.15, 0.2) is 150 Å². The summed E-state index contributed by atoms with van der Waals surface area (Å²) in [5, 5.41) is 8.25. The summed E-state index contributed by atoms with van der Waals surface area (Å²) in [5.41, 5.74) is 11.5. The predicted molar refractivity (Wildman–Crippen MR) is 211 cm³/mol. The SMILES string of the molecule is c1cc(-c2ccc3c(c2)c2cc4ncoc4c4c5ccccc5n3c24)cc(-c2nc(-c3cccc4c3sc3ccccc34)c3ccccc3n2)c1. The largest absolute Gasteiger partial charge is 0.443 e. The molecule has 0 unspecified atom stereocenters. The van der Waals surface area contributed by atoms with E-state index in [0.29, 0.717) is 5.82 Å². The molecule has 0 aliphatic carbocycles. The zero-order valence-corrected chi connectivity index (χ0v) is 27.8. The molecule has 0 aliphatic rings. The highest BCUT2D eigenvalue weighted by Gasteiger charge is 2.22. The quantitative estimate of drug-likeness (QED) is 0.188. The Balaban J connectivity index is 1.05. The molecular weight excluding hydrogens is 645 g/mol. The fraction of sp³-hybridized carbons (Fsp3) is 0. The molecule has 0 bridgehead atoms. The average molecular weight is 669 g/mol. The van der Waals surface area contributed by atoms with Crippen molar-refractivity contribution in [3.8, 4) is 33.8 Å². The topological polar surface area (TPSA) is 56.2 Å². The normalized spacial score (nSPS) is 12.3. The van der Waals surface area contributed by atoms with Gasteiger partial charge in [-0.15, -0.1) is 11.3 Å². The van der Waals surface area contributed by atoms with Gasteiger partial charge in [0, 0.05) is 52.8 Å². The van der Waals surface area contributed by atoms with Gasteiger partial charge in [-0.25, -0.2) is 15.0 Å². The minimum absolute atomic E-state index is 0.713. The highest BCUT2D eigenvalue weighted by atomic mass is 32.1. The highest BCUT2D eigenvalue weighted by molar-refractivity contribution is 7.26. The monoisotopic (exact) mass is 668 g/mol. The van der Waals surface area contributed by atoms with E-state index < -0.39 is 0 Å². The molecule has 0 radical (unpaired) electrons. The maximum atomic E-state index is 5.94. The zero-order valence-electron chi connectivity index (χ0n) is 27.0. The number of benzene rings is 7. The number of thiophene rings is 1. The van der Waals surface area contributed by atoms with E-state index in [1.54, 1.807) is 6.39 Å². The van der Waals surface area contributed by atoms with E-state index in [4.69, 9.17) is 14.4 Å². The van der Waals surface area contributed by atoms with Crippen molar-refractivity contribution < 1.29 is 4.42 Å². The van der Waals surface area contributed by atoms with Crippen molar-refractivity contribution in [1.29, 1.82) is 0 Å². The van der Waals surface area contributed by atoms with Gasteiger partial charge in [0.2, 0.25) is 0 Å². The van der Waals surface area contributed by atoms with Crippen LogP contribution in [-0.4, -0.2) is 19.4 Å². The van der Waals surface area contributed by atoms with Crippen LogP contribution in [0.1, 0.15) is 0 Å². The van der Waals surface area contributed by atoms with Crippen molar-refractivity contribution in [1.82, 2.24) is 19.4 Å². The minimum atomic E-state index is 0.713. The molecule has 12 rings (SSSR count). The first kappa shape index (κ1) is 27.2. The maximum Gasteiger partial charge on any atom is 0.182 e. The number of aromatic nitrogens is 4.